The van der Waals surface area contributed by atoms with Crippen LogP contribution in [-0.2, 0) is 4.79 Å². The summed E-state index contributed by atoms with van der Waals surface area (Å²) in [6.07, 6.45) is 1.58. The summed E-state index contributed by atoms with van der Waals surface area (Å²) in [6, 6.07) is 14.6. The Bertz CT molecular complexity index is 856. The van der Waals surface area contributed by atoms with Gasteiger partial charge in [0.05, 0.1) is 0 Å². The fraction of sp³-hybridized carbons (Fsp3) is 0.111. The first-order chi connectivity index (χ1) is 11.7. The number of hydrogen-bond donors (Lipinski definition) is 1. The first kappa shape index (κ1) is 16.3. The molecule has 3 rings (SSSR count). The number of fused-ring (bicyclic) bond motifs is 1. The van der Waals surface area contributed by atoms with Crippen LogP contribution in [0, 0.1) is 14.9 Å². The number of rotatable bonds is 3. The lowest BCUT2D eigenvalue weighted by Crippen LogP contribution is -2.17. The molecule has 2 aromatic rings. The summed E-state index contributed by atoms with van der Waals surface area (Å²) in [4.78, 5) is 12.4. The highest BCUT2D eigenvalue weighted by molar-refractivity contribution is 14.1. The van der Waals surface area contributed by atoms with Crippen LogP contribution in [0.25, 0.3) is 6.08 Å². The number of hydrogen-bond acceptors (Lipinski definition) is 4. The third kappa shape index (κ3) is 3.68. The zero-order valence-electron chi connectivity index (χ0n) is 12.6. The number of nitrogens with one attached hydrogen (secondary N) is 1. The van der Waals surface area contributed by atoms with Crippen LogP contribution >= 0.6 is 22.6 Å². The number of nitriles is 1. The monoisotopic (exact) mass is 432 g/mol. The summed E-state index contributed by atoms with van der Waals surface area (Å²) in [7, 11) is 0. The molecular formula is C18H13IN2O3. The molecule has 0 bridgehead atoms. The molecule has 0 radical (unpaired) electrons. The van der Waals surface area contributed by atoms with Crippen molar-refractivity contribution in [2.24, 2.45) is 0 Å². The number of nitrogens with zero attached hydrogens (tertiary/aromatic N) is 1. The van der Waals surface area contributed by atoms with Crippen molar-refractivity contribution in [3.63, 3.8) is 0 Å². The Morgan fingerprint density at radius 3 is 2.67 bits per heavy atom. The van der Waals surface area contributed by atoms with E-state index >= 15 is 0 Å². The lowest BCUT2D eigenvalue weighted by Gasteiger charge is -2.18. The summed E-state index contributed by atoms with van der Waals surface area (Å²) in [5.74, 6) is 0.766. The topological polar surface area (TPSA) is 71.4 Å². The standard InChI is InChI=1S/C18H13IN2O3/c19-15-4-2-1-3-12(15)9-13(11-20)18(22)21-14-5-6-16-17(10-14)24-8-7-23-16/h1-6,9-10H,7-8H2,(H,21,22)/b13-9-. The molecule has 0 spiro atoms. The minimum absolute atomic E-state index is 0.0361. The van der Waals surface area contributed by atoms with Gasteiger partial charge in [-0.05, 0) is 52.4 Å². The Labute approximate surface area is 153 Å². The Hall–Kier alpha value is -2.53. The van der Waals surface area contributed by atoms with Crippen LogP contribution in [0.3, 0.4) is 0 Å². The van der Waals surface area contributed by atoms with Gasteiger partial charge in [-0.1, -0.05) is 18.2 Å². The molecule has 1 heterocycles. The number of halogens is 1. The largest absolute Gasteiger partial charge is 0.486 e. The van der Waals surface area contributed by atoms with E-state index < -0.39 is 5.91 Å². The molecule has 0 saturated carbocycles. The Balaban J connectivity index is 1.80. The number of benzene rings is 2. The first-order valence-electron chi connectivity index (χ1n) is 7.25. The predicted octanol–water partition coefficient (Wildman–Crippen LogP) is 3.61. The van der Waals surface area contributed by atoms with E-state index in [1.807, 2.05) is 30.3 Å². The van der Waals surface area contributed by atoms with Crippen molar-refractivity contribution < 1.29 is 14.3 Å². The van der Waals surface area contributed by atoms with E-state index in [1.165, 1.54) is 0 Å². The van der Waals surface area contributed by atoms with Gasteiger partial charge in [0.15, 0.2) is 11.5 Å². The van der Waals surface area contributed by atoms with Gasteiger partial charge in [-0.2, -0.15) is 5.26 Å². The number of ether oxygens (including phenoxy) is 2. The molecule has 0 fully saturated rings. The molecule has 1 N–H and O–H groups in total. The predicted molar refractivity (Wildman–Crippen MR) is 98.8 cm³/mol. The van der Waals surface area contributed by atoms with E-state index in [9.17, 15) is 10.1 Å². The molecule has 24 heavy (non-hydrogen) atoms. The quantitative estimate of drug-likeness (QED) is 0.457. The fourth-order valence-electron chi connectivity index (χ4n) is 2.22. The van der Waals surface area contributed by atoms with E-state index in [-0.39, 0.29) is 5.57 Å². The van der Waals surface area contributed by atoms with E-state index in [0.29, 0.717) is 30.4 Å². The minimum atomic E-state index is -0.464. The van der Waals surface area contributed by atoms with Gasteiger partial charge in [0.2, 0.25) is 0 Å². The Morgan fingerprint density at radius 2 is 1.92 bits per heavy atom. The smallest absolute Gasteiger partial charge is 0.266 e. The van der Waals surface area contributed by atoms with Gasteiger partial charge in [0.1, 0.15) is 24.9 Å². The number of amides is 1. The van der Waals surface area contributed by atoms with Crippen molar-refractivity contribution in [1.82, 2.24) is 0 Å². The van der Waals surface area contributed by atoms with E-state index in [0.717, 1.165) is 9.13 Å². The lowest BCUT2D eigenvalue weighted by atomic mass is 10.1. The van der Waals surface area contributed by atoms with Crippen LogP contribution in [0.15, 0.2) is 48.0 Å². The van der Waals surface area contributed by atoms with Gasteiger partial charge >= 0.3 is 0 Å². The second kappa shape index (κ2) is 7.36. The molecular weight excluding hydrogens is 419 g/mol. The van der Waals surface area contributed by atoms with Gasteiger partial charge in [-0.15, -0.1) is 0 Å². The highest BCUT2D eigenvalue weighted by atomic mass is 127. The molecule has 6 heteroatoms. The molecule has 0 aromatic heterocycles. The fourth-order valence-corrected chi connectivity index (χ4v) is 2.76. The maximum atomic E-state index is 12.4. The zero-order chi connectivity index (χ0) is 16.9. The van der Waals surface area contributed by atoms with Crippen LogP contribution in [0.4, 0.5) is 5.69 Å². The van der Waals surface area contributed by atoms with Gasteiger partial charge in [0, 0.05) is 15.3 Å². The Morgan fingerprint density at radius 1 is 1.17 bits per heavy atom. The summed E-state index contributed by atoms with van der Waals surface area (Å²) in [6.45, 7) is 0.982. The van der Waals surface area contributed by atoms with Crippen molar-refractivity contribution in [3.8, 4) is 17.6 Å². The molecule has 2 aromatic carbocycles. The summed E-state index contributed by atoms with van der Waals surface area (Å²) in [5, 5.41) is 12.0. The van der Waals surface area contributed by atoms with Crippen molar-refractivity contribution in [3.05, 3.63) is 57.2 Å². The molecule has 0 saturated heterocycles. The third-order valence-corrected chi connectivity index (χ3v) is 4.35. The van der Waals surface area contributed by atoms with Gasteiger partial charge in [-0.25, -0.2) is 0 Å². The summed E-state index contributed by atoms with van der Waals surface area (Å²) < 4.78 is 11.9. The van der Waals surface area contributed by atoms with E-state index in [1.54, 1.807) is 24.3 Å². The summed E-state index contributed by atoms with van der Waals surface area (Å²) >= 11 is 2.16. The van der Waals surface area contributed by atoms with Gasteiger partial charge in [0.25, 0.3) is 5.91 Å². The van der Waals surface area contributed by atoms with Crippen LogP contribution < -0.4 is 14.8 Å². The minimum Gasteiger partial charge on any atom is -0.486 e. The second-order valence-electron chi connectivity index (χ2n) is 5.00. The second-order valence-corrected chi connectivity index (χ2v) is 6.17. The van der Waals surface area contributed by atoms with Crippen molar-refractivity contribution >= 4 is 40.3 Å². The highest BCUT2D eigenvalue weighted by Gasteiger charge is 2.14. The number of carbonyl (C=O) groups excluding carboxylic acids is 1. The normalized spacial score (nSPS) is 13.1. The lowest BCUT2D eigenvalue weighted by molar-refractivity contribution is -0.112. The van der Waals surface area contributed by atoms with Crippen LogP contribution in [0.2, 0.25) is 0 Å². The molecule has 0 unspecified atom stereocenters. The maximum absolute atomic E-state index is 12.4. The zero-order valence-corrected chi connectivity index (χ0v) is 14.7. The average molecular weight is 432 g/mol. The average Bonchev–Trinajstić information content (AvgIpc) is 2.61. The number of anilines is 1. The number of carbonyl (C=O) groups is 1. The van der Waals surface area contributed by atoms with Crippen molar-refractivity contribution in [2.75, 3.05) is 18.5 Å². The molecule has 0 aliphatic carbocycles. The molecule has 1 aliphatic heterocycles. The van der Waals surface area contributed by atoms with Gasteiger partial charge < -0.3 is 14.8 Å². The van der Waals surface area contributed by atoms with Gasteiger partial charge in [-0.3, -0.25) is 4.79 Å². The first-order valence-corrected chi connectivity index (χ1v) is 8.32. The maximum Gasteiger partial charge on any atom is 0.266 e. The molecule has 0 atom stereocenters. The Kier molecular flexibility index (Phi) is 5.01. The van der Waals surface area contributed by atoms with Crippen LogP contribution in [-0.4, -0.2) is 19.1 Å². The molecule has 120 valence electrons. The third-order valence-electron chi connectivity index (χ3n) is 3.37. The van der Waals surface area contributed by atoms with E-state index in [4.69, 9.17) is 9.47 Å². The SMILES string of the molecule is N#C/C(=C/c1ccccc1I)C(=O)Nc1ccc2c(c1)OCCO2. The van der Waals surface area contributed by atoms with Crippen LogP contribution in [0.1, 0.15) is 5.56 Å². The summed E-state index contributed by atoms with van der Waals surface area (Å²) in [5.41, 5.74) is 1.41. The molecule has 5 nitrogen and oxygen atoms in total. The molecule has 1 aliphatic rings. The van der Waals surface area contributed by atoms with E-state index in [2.05, 4.69) is 27.9 Å². The van der Waals surface area contributed by atoms with Crippen LogP contribution in [0.5, 0.6) is 11.5 Å². The van der Waals surface area contributed by atoms with Crippen molar-refractivity contribution in [1.29, 1.82) is 5.26 Å². The highest BCUT2D eigenvalue weighted by Crippen LogP contribution is 2.32. The molecule has 1 amide bonds. The van der Waals surface area contributed by atoms with Crippen molar-refractivity contribution in [2.45, 2.75) is 0 Å².